The van der Waals surface area contributed by atoms with E-state index in [-0.39, 0.29) is 5.91 Å². The van der Waals surface area contributed by atoms with Gasteiger partial charge in [-0.15, -0.1) is 0 Å². The van der Waals surface area contributed by atoms with Crippen LogP contribution in [-0.4, -0.2) is 36.2 Å². The van der Waals surface area contributed by atoms with E-state index in [2.05, 4.69) is 25.0 Å². The van der Waals surface area contributed by atoms with Gasteiger partial charge < -0.3 is 21.1 Å². The number of hydrogen-bond acceptors (Lipinski definition) is 3. The Labute approximate surface area is 189 Å². The maximum atomic E-state index is 12.8. The second-order valence-corrected chi connectivity index (χ2v) is 14.5. The Kier molecular flexibility index (Phi) is 7.00. The number of carboxylic acid groups (broad SMARTS) is 1. The van der Waals surface area contributed by atoms with Gasteiger partial charge >= 0.3 is 6.09 Å². The highest BCUT2D eigenvalue weighted by Crippen LogP contribution is 2.27. The molecule has 0 spiro atoms. The highest BCUT2D eigenvalue weighted by molar-refractivity contribution is 6.76. The van der Waals surface area contributed by atoms with Gasteiger partial charge in [0.15, 0.2) is 0 Å². The SMILES string of the molecule is C[Si](C)(C)CN(Cc1ccc(C(=O)Nc2cc(-c3ccccc3)ccc2N)cc1)C(=O)O. The number of carbonyl (C=O) groups excluding carboxylic acids is 1. The number of rotatable bonds is 7. The molecule has 2 amide bonds. The molecular weight excluding hydrogens is 418 g/mol. The molecule has 0 aliphatic rings. The lowest BCUT2D eigenvalue weighted by molar-refractivity contribution is 0.102. The van der Waals surface area contributed by atoms with Crippen LogP contribution in [0.5, 0.6) is 0 Å². The van der Waals surface area contributed by atoms with Crippen molar-refractivity contribution in [1.82, 2.24) is 4.90 Å². The Hall–Kier alpha value is -3.58. The van der Waals surface area contributed by atoms with Gasteiger partial charge in [0.25, 0.3) is 5.91 Å². The Morgan fingerprint density at radius 3 is 2.19 bits per heavy atom. The third-order valence-electron chi connectivity index (χ3n) is 4.93. The molecule has 7 heteroatoms. The van der Waals surface area contributed by atoms with E-state index >= 15 is 0 Å². The van der Waals surface area contributed by atoms with Gasteiger partial charge in [0.2, 0.25) is 0 Å². The van der Waals surface area contributed by atoms with Crippen molar-refractivity contribution in [3.8, 4) is 11.1 Å². The molecular formula is C25H29N3O3Si. The van der Waals surface area contributed by atoms with Crippen LogP contribution >= 0.6 is 0 Å². The summed E-state index contributed by atoms with van der Waals surface area (Å²) in [7, 11) is -1.57. The standard InChI is InChI=1S/C25H29N3O3Si/c1-32(2,3)17-28(25(30)31)16-18-9-11-20(12-10-18)24(29)27-23-15-21(13-14-22(23)26)19-7-5-4-6-8-19/h4-15H,16-17,26H2,1-3H3,(H,27,29)(H,30,31). The number of nitrogens with one attached hydrogen (secondary N) is 1. The second kappa shape index (κ2) is 9.70. The van der Waals surface area contributed by atoms with Gasteiger partial charge in [-0.05, 0) is 41.0 Å². The first-order valence-electron chi connectivity index (χ1n) is 10.5. The summed E-state index contributed by atoms with van der Waals surface area (Å²) >= 11 is 0. The van der Waals surface area contributed by atoms with Crippen LogP contribution in [0.1, 0.15) is 15.9 Å². The molecule has 166 valence electrons. The summed E-state index contributed by atoms with van der Waals surface area (Å²) in [5, 5.41) is 12.4. The number of nitrogens with zero attached hydrogens (tertiary/aromatic N) is 1. The maximum absolute atomic E-state index is 12.8. The predicted octanol–water partition coefficient (Wildman–Crippen LogP) is 5.55. The van der Waals surface area contributed by atoms with Crippen LogP contribution in [0.4, 0.5) is 16.2 Å². The molecule has 0 fully saturated rings. The summed E-state index contributed by atoms with van der Waals surface area (Å²) in [6, 6.07) is 22.4. The molecule has 0 saturated carbocycles. The van der Waals surface area contributed by atoms with Crippen molar-refractivity contribution in [3.63, 3.8) is 0 Å². The number of carbonyl (C=O) groups is 2. The summed E-state index contributed by atoms with van der Waals surface area (Å²) in [6.45, 7) is 6.70. The van der Waals surface area contributed by atoms with Crippen molar-refractivity contribution in [3.05, 3.63) is 83.9 Å². The summed E-state index contributed by atoms with van der Waals surface area (Å²) in [4.78, 5) is 25.8. The number of amides is 2. The van der Waals surface area contributed by atoms with Gasteiger partial charge in [-0.3, -0.25) is 4.79 Å². The van der Waals surface area contributed by atoms with Crippen LogP contribution in [0.15, 0.2) is 72.8 Å². The highest BCUT2D eigenvalue weighted by atomic mass is 28.3. The zero-order valence-corrected chi connectivity index (χ0v) is 19.6. The smallest absolute Gasteiger partial charge is 0.407 e. The third kappa shape index (κ3) is 6.21. The number of nitrogens with two attached hydrogens (primary N) is 1. The van der Waals surface area contributed by atoms with Crippen molar-refractivity contribution in [2.45, 2.75) is 26.2 Å². The lowest BCUT2D eigenvalue weighted by atomic mass is 10.0. The van der Waals surface area contributed by atoms with Crippen LogP contribution in [0.25, 0.3) is 11.1 Å². The molecule has 0 atom stereocenters. The normalized spacial score (nSPS) is 11.1. The Balaban J connectivity index is 1.72. The zero-order chi connectivity index (χ0) is 23.3. The highest BCUT2D eigenvalue weighted by Gasteiger charge is 2.22. The minimum Gasteiger partial charge on any atom is -0.465 e. The molecule has 0 heterocycles. The Morgan fingerprint density at radius 1 is 0.938 bits per heavy atom. The quantitative estimate of drug-likeness (QED) is 0.327. The van der Waals surface area contributed by atoms with Gasteiger partial charge in [-0.1, -0.05) is 68.2 Å². The van der Waals surface area contributed by atoms with Gasteiger partial charge in [0.1, 0.15) is 0 Å². The first-order valence-corrected chi connectivity index (χ1v) is 14.2. The molecule has 0 radical (unpaired) electrons. The van der Waals surface area contributed by atoms with Crippen molar-refractivity contribution < 1.29 is 14.7 Å². The van der Waals surface area contributed by atoms with E-state index in [1.807, 2.05) is 42.5 Å². The fourth-order valence-corrected chi connectivity index (χ4v) is 4.81. The minimum atomic E-state index is -1.57. The largest absolute Gasteiger partial charge is 0.465 e. The first kappa shape index (κ1) is 23.1. The number of anilines is 2. The molecule has 0 unspecified atom stereocenters. The zero-order valence-electron chi connectivity index (χ0n) is 18.6. The van der Waals surface area contributed by atoms with Crippen molar-refractivity contribution in [2.75, 3.05) is 17.2 Å². The van der Waals surface area contributed by atoms with Gasteiger partial charge in [-0.25, -0.2) is 4.79 Å². The first-order chi connectivity index (χ1) is 15.1. The van der Waals surface area contributed by atoms with E-state index in [1.54, 1.807) is 30.3 Å². The monoisotopic (exact) mass is 447 g/mol. The number of nitrogen functional groups attached to an aromatic ring is 1. The Bertz CT molecular complexity index is 1090. The summed E-state index contributed by atoms with van der Waals surface area (Å²) in [5.74, 6) is -0.273. The third-order valence-corrected chi connectivity index (χ3v) is 6.26. The molecule has 6 nitrogen and oxygen atoms in total. The van der Waals surface area contributed by atoms with Crippen LogP contribution in [0, 0.1) is 0 Å². The van der Waals surface area contributed by atoms with Crippen LogP contribution in [-0.2, 0) is 6.54 Å². The fourth-order valence-electron chi connectivity index (χ4n) is 3.41. The molecule has 0 aliphatic heterocycles. The fraction of sp³-hybridized carbons (Fsp3) is 0.200. The molecule has 0 saturated heterocycles. The average Bonchev–Trinajstić information content (AvgIpc) is 2.75. The predicted molar refractivity (Wildman–Crippen MR) is 132 cm³/mol. The summed E-state index contributed by atoms with van der Waals surface area (Å²) in [6.07, 6.45) is -0.371. The molecule has 3 aromatic rings. The van der Waals surface area contributed by atoms with E-state index < -0.39 is 14.2 Å². The summed E-state index contributed by atoms with van der Waals surface area (Å²) in [5.41, 5.74) is 10.4. The number of benzene rings is 3. The Morgan fingerprint density at radius 2 is 1.59 bits per heavy atom. The lowest BCUT2D eigenvalue weighted by Gasteiger charge is -2.26. The van der Waals surface area contributed by atoms with E-state index in [0.717, 1.165) is 16.7 Å². The second-order valence-electron chi connectivity index (χ2n) is 9.02. The van der Waals surface area contributed by atoms with E-state index in [4.69, 9.17) is 5.73 Å². The van der Waals surface area contributed by atoms with Crippen LogP contribution in [0.3, 0.4) is 0 Å². The molecule has 32 heavy (non-hydrogen) atoms. The minimum absolute atomic E-state index is 0.273. The van der Waals surface area contributed by atoms with E-state index in [9.17, 15) is 14.7 Å². The molecule has 0 bridgehead atoms. The van der Waals surface area contributed by atoms with Gasteiger partial charge in [0, 0.05) is 18.3 Å². The maximum Gasteiger partial charge on any atom is 0.407 e. The van der Waals surface area contributed by atoms with Gasteiger partial charge in [-0.2, -0.15) is 0 Å². The summed E-state index contributed by atoms with van der Waals surface area (Å²) < 4.78 is 0. The topological polar surface area (TPSA) is 95.7 Å². The number of hydrogen-bond donors (Lipinski definition) is 3. The van der Waals surface area contributed by atoms with Crippen LogP contribution in [0.2, 0.25) is 19.6 Å². The van der Waals surface area contributed by atoms with Crippen molar-refractivity contribution in [1.29, 1.82) is 0 Å². The molecule has 0 aromatic heterocycles. The van der Waals surface area contributed by atoms with Crippen molar-refractivity contribution >= 4 is 31.4 Å². The van der Waals surface area contributed by atoms with E-state index in [0.29, 0.717) is 29.7 Å². The molecule has 4 N–H and O–H groups in total. The van der Waals surface area contributed by atoms with Crippen molar-refractivity contribution in [2.24, 2.45) is 0 Å². The molecule has 3 rings (SSSR count). The van der Waals surface area contributed by atoms with Gasteiger partial charge in [0.05, 0.1) is 19.4 Å². The molecule has 0 aliphatic carbocycles. The molecule has 3 aromatic carbocycles. The average molecular weight is 448 g/mol. The lowest BCUT2D eigenvalue weighted by Crippen LogP contribution is -2.42. The van der Waals surface area contributed by atoms with E-state index in [1.165, 1.54) is 4.90 Å². The van der Waals surface area contributed by atoms with Crippen LogP contribution < -0.4 is 11.1 Å².